The van der Waals surface area contributed by atoms with E-state index in [1.54, 1.807) is 16.3 Å². The van der Waals surface area contributed by atoms with E-state index in [4.69, 9.17) is 15.6 Å². The number of hydrogen-bond acceptors (Lipinski definition) is 6. The van der Waals surface area contributed by atoms with Gasteiger partial charge in [-0.3, -0.25) is 4.79 Å². The third-order valence-electron chi connectivity index (χ3n) is 5.98. The Kier molecular flexibility index (Phi) is 10.7. The minimum atomic E-state index is -0.513. The van der Waals surface area contributed by atoms with Gasteiger partial charge in [-0.1, -0.05) is 48.5 Å². The standard InChI is InChI=1S/C16H13IN2O2.C14H10IN3O.CH4O/c1-2-21-16(20)15-13-8-3-4-9-14(13)19(18-15)12-7-5-6-11(17)10-12;15-9-4-3-5-10(8-9)18-12-7-2-1-6-11(12)13(17-18)14(16)19;1-2/h3-10H,2H2,1H3;1-8H,(H2,16,19);2H,1H3. The van der Waals surface area contributed by atoms with Crippen LogP contribution in [-0.2, 0) is 4.74 Å². The van der Waals surface area contributed by atoms with Crippen molar-refractivity contribution in [3.63, 3.8) is 0 Å². The number of halogens is 2. The molecule has 6 aromatic rings. The van der Waals surface area contributed by atoms with Crippen molar-refractivity contribution in [1.29, 1.82) is 0 Å². The Labute approximate surface area is 269 Å². The molecular weight excluding hydrogens is 760 g/mol. The summed E-state index contributed by atoms with van der Waals surface area (Å²) in [5.41, 5.74) is 9.64. The topological polar surface area (TPSA) is 125 Å². The van der Waals surface area contributed by atoms with Crippen molar-refractivity contribution < 1.29 is 19.4 Å². The molecule has 0 radical (unpaired) electrons. The minimum Gasteiger partial charge on any atom is -0.461 e. The van der Waals surface area contributed by atoms with Crippen molar-refractivity contribution in [3.8, 4) is 11.4 Å². The maximum Gasteiger partial charge on any atom is 0.359 e. The number of ether oxygens (including phenoxy) is 1. The van der Waals surface area contributed by atoms with Crippen LogP contribution in [0.2, 0.25) is 0 Å². The van der Waals surface area contributed by atoms with Crippen LogP contribution in [0.4, 0.5) is 0 Å². The summed E-state index contributed by atoms with van der Waals surface area (Å²) >= 11 is 4.50. The zero-order valence-corrected chi connectivity index (χ0v) is 27.1. The lowest BCUT2D eigenvalue weighted by atomic mass is 10.2. The van der Waals surface area contributed by atoms with Crippen molar-refractivity contribution in [2.45, 2.75) is 6.92 Å². The molecule has 6 rings (SSSR count). The predicted octanol–water partition coefficient (Wildman–Crippen LogP) is 6.14. The van der Waals surface area contributed by atoms with Gasteiger partial charge in [-0.25, -0.2) is 14.2 Å². The van der Waals surface area contributed by atoms with Gasteiger partial charge in [0.25, 0.3) is 5.91 Å². The van der Waals surface area contributed by atoms with Crippen LogP contribution in [0.25, 0.3) is 33.2 Å². The van der Waals surface area contributed by atoms with E-state index < -0.39 is 11.9 Å². The molecule has 0 unspecified atom stereocenters. The second kappa shape index (κ2) is 14.4. The largest absolute Gasteiger partial charge is 0.461 e. The molecule has 0 aliphatic rings. The average molecular weight is 787 g/mol. The van der Waals surface area contributed by atoms with Crippen LogP contribution in [-0.4, -0.2) is 50.3 Å². The van der Waals surface area contributed by atoms with Crippen LogP contribution >= 0.6 is 45.2 Å². The Morgan fingerprint density at radius 1 is 0.738 bits per heavy atom. The molecule has 0 spiro atoms. The van der Waals surface area contributed by atoms with Gasteiger partial charge in [0.1, 0.15) is 0 Å². The number of aromatic nitrogens is 4. The number of carbonyl (C=O) groups excluding carboxylic acids is 2. The molecule has 11 heteroatoms. The number of rotatable bonds is 5. The fourth-order valence-corrected chi connectivity index (χ4v) is 5.33. The number of benzene rings is 4. The van der Waals surface area contributed by atoms with Gasteiger partial charge >= 0.3 is 5.97 Å². The highest BCUT2D eigenvalue weighted by Crippen LogP contribution is 2.24. The Morgan fingerprint density at radius 3 is 1.64 bits per heavy atom. The van der Waals surface area contributed by atoms with E-state index in [9.17, 15) is 9.59 Å². The lowest BCUT2D eigenvalue weighted by molar-refractivity contribution is 0.0521. The molecule has 2 heterocycles. The van der Waals surface area contributed by atoms with Gasteiger partial charge in [0.2, 0.25) is 0 Å². The molecule has 2 aromatic heterocycles. The number of aliphatic hydroxyl groups is 1. The second-order valence-corrected chi connectivity index (χ2v) is 11.1. The van der Waals surface area contributed by atoms with E-state index in [0.29, 0.717) is 18.0 Å². The molecule has 0 aliphatic heterocycles. The van der Waals surface area contributed by atoms with Crippen molar-refractivity contribution >= 4 is 78.9 Å². The molecule has 0 atom stereocenters. The maximum absolute atomic E-state index is 12.1. The van der Waals surface area contributed by atoms with Crippen LogP contribution in [0.15, 0.2) is 97.1 Å². The number of amides is 1. The molecule has 1 amide bonds. The number of carbonyl (C=O) groups is 2. The first-order valence-corrected chi connectivity index (χ1v) is 14.9. The van der Waals surface area contributed by atoms with Crippen molar-refractivity contribution in [2.24, 2.45) is 5.73 Å². The van der Waals surface area contributed by atoms with Gasteiger partial charge in [0, 0.05) is 25.0 Å². The van der Waals surface area contributed by atoms with Gasteiger partial charge in [0.15, 0.2) is 11.4 Å². The lowest BCUT2D eigenvalue weighted by Crippen LogP contribution is -2.12. The Balaban J connectivity index is 0.000000183. The van der Waals surface area contributed by atoms with Crippen LogP contribution in [0.3, 0.4) is 0 Å². The number of para-hydroxylation sites is 2. The molecule has 42 heavy (non-hydrogen) atoms. The molecule has 4 aromatic carbocycles. The van der Waals surface area contributed by atoms with E-state index >= 15 is 0 Å². The third-order valence-corrected chi connectivity index (χ3v) is 7.32. The summed E-state index contributed by atoms with van der Waals surface area (Å²) in [6, 6.07) is 31.1. The monoisotopic (exact) mass is 787 g/mol. The lowest BCUT2D eigenvalue weighted by Gasteiger charge is -2.03. The zero-order chi connectivity index (χ0) is 30.2. The van der Waals surface area contributed by atoms with Gasteiger partial charge in [-0.15, -0.1) is 0 Å². The number of fused-ring (bicyclic) bond motifs is 2. The highest BCUT2D eigenvalue weighted by atomic mass is 127. The fraction of sp³-hybridized carbons (Fsp3) is 0.0968. The van der Waals surface area contributed by atoms with Gasteiger partial charge < -0.3 is 15.6 Å². The second-order valence-electron chi connectivity index (χ2n) is 8.60. The summed E-state index contributed by atoms with van der Waals surface area (Å²) in [4.78, 5) is 23.5. The minimum absolute atomic E-state index is 0.300. The first kappa shape index (κ1) is 31.1. The smallest absolute Gasteiger partial charge is 0.359 e. The number of aliphatic hydroxyl groups excluding tert-OH is 1. The highest BCUT2D eigenvalue weighted by molar-refractivity contribution is 14.1. The van der Waals surface area contributed by atoms with E-state index in [0.717, 1.165) is 47.4 Å². The van der Waals surface area contributed by atoms with Crippen LogP contribution < -0.4 is 5.73 Å². The number of nitrogens with zero attached hydrogens (tertiary/aromatic N) is 4. The van der Waals surface area contributed by atoms with Gasteiger partial charge in [0.05, 0.1) is 29.0 Å². The van der Waals surface area contributed by atoms with E-state index in [-0.39, 0.29) is 0 Å². The van der Waals surface area contributed by atoms with Crippen LogP contribution in [0, 0.1) is 7.14 Å². The first-order valence-electron chi connectivity index (χ1n) is 12.8. The number of esters is 1. The third kappa shape index (κ3) is 6.79. The average Bonchev–Trinajstić information content (AvgIpc) is 3.59. The van der Waals surface area contributed by atoms with Gasteiger partial charge in [-0.2, -0.15) is 10.2 Å². The van der Waals surface area contributed by atoms with Crippen LogP contribution in [0.1, 0.15) is 27.9 Å². The Hall–Kier alpha value is -3.82. The summed E-state index contributed by atoms with van der Waals surface area (Å²) in [5.74, 6) is -0.904. The predicted molar refractivity (Wildman–Crippen MR) is 180 cm³/mol. The summed E-state index contributed by atoms with van der Waals surface area (Å²) < 4.78 is 10.8. The van der Waals surface area contributed by atoms with Crippen molar-refractivity contribution in [2.75, 3.05) is 13.7 Å². The Bertz CT molecular complexity index is 1870. The number of primary amides is 1. The fourth-order valence-electron chi connectivity index (χ4n) is 4.27. The summed E-state index contributed by atoms with van der Waals surface area (Å²) in [7, 11) is 1.00. The molecule has 0 fully saturated rings. The summed E-state index contributed by atoms with van der Waals surface area (Å²) in [5, 5.41) is 17.4. The van der Waals surface area contributed by atoms with Crippen molar-refractivity contribution in [1.82, 2.24) is 19.6 Å². The van der Waals surface area contributed by atoms with E-state index in [1.165, 1.54) is 0 Å². The molecule has 0 aliphatic carbocycles. The molecular formula is C31H27I2N5O4. The molecule has 0 saturated carbocycles. The van der Waals surface area contributed by atoms with Gasteiger partial charge in [-0.05, 0) is 101 Å². The van der Waals surface area contributed by atoms with Crippen molar-refractivity contribution in [3.05, 3.63) is 116 Å². The molecule has 9 nitrogen and oxygen atoms in total. The zero-order valence-electron chi connectivity index (χ0n) is 22.7. The van der Waals surface area contributed by atoms with E-state index in [2.05, 4.69) is 55.4 Å². The number of hydrogen-bond donors (Lipinski definition) is 2. The highest BCUT2D eigenvalue weighted by Gasteiger charge is 2.19. The maximum atomic E-state index is 12.1. The number of nitrogens with two attached hydrogens (primary N) is 1. The summed E-state index contributed by atoms with van der Waals surface area (Å²) in [6.45, 7) is 2.12. The normalized spacial score (nSPS) is 10.4. The molecule has 214 valence electrons. The summed E-state index contributed by atoms with van der Waals surface area (Å²) in [6.07, 6.45) is 0. The molecule has 0 bridgehead atoms. The molecule has 3 N–H and O–H groups in total. The molecule has 0 saturated heterocycles. The van der Waals surface area contributed by atoms with Crippen LogP contribution in [0.5, 0.6) is 0 Å². The SMILES string of the molecule is CCOC(=O)c1nn(-c2cccc(I)c2)c2ccccc12.CO.NC(=O)c1nn(-c2cccc(I)c2)c2ccccc12. The van der Waals surface area contributed by atoms with E-state index in [1.807, 2.05) is 97.1 Å². The Morgan fingerprint density at radius 2 is 1.19 bits per heavy atom. The first-order chi connectivity index (χ1) is 20.4. The quantitative estimate of drug-likeness (QED) is 0.160.